The lowest BCUT2D eigenvalue weighted by Gasteiger charge is -2.40. The van der Waals surface area contributed by atoms with Crippen molar-refractivity contribution in [2.24, 2.45) is 4.99 Å². The molecule has 1 N–H and O–H groups in total. The molecule has 22 heavy (non-hydrogen) atoms. The molecule has 1 saturated heterocycles. The van der Waals surface area contributed by atoms with Crippen molar-refractivity contribution < 1.29 is 4.74 Å². The molecule has 1 heterocycles. The van der Waals surface area contributed by atoms with Crippen molar-refractivity contribution in [2.75, 3.05) is 53.0 Å². The summed E-state index contributed by atoms with van der Waals surface area (Å²) in [6.45, 7) is 16.7. The lowest BCUT2D eigenvalue weighted by Crippen LogP contribution is -2.52. The number of nitrogens with one attached hydrogen (secondary N) is 1. The summed E-state index contributed by atoms with van der Waals surface area (Å²) < 4.78 is 5.45. The van der Waals surface area contributed by atoms with Gasteiger partial charge in [-0.05, 0) is 33.6 Å². The summed E-state index contributed by atoms with van der Waals surface area (Å²) >= 11 is 0. The molecule has 0 aromatic rings. The van der Waals surface area contributed by atoms with E-state index >= 15 is 0 Å². The van der Waals surface area contributed by atoms with E-state index in [-0.39, 0.29) is 5.54 Å². The smallest absolute Gasteiger partial charge is 0.193 e. The first-order chi connectivity index (χ1) is 10.5. The molecule has 5 heteroatoms. The first-order valence-electron chi connectivity index (χ1n) is 8.44. The van der Waals surface area contributed by atoms with E-state index in [4.69, 9.17) is 9.73 Å². The van der Waals surface area contributed by atoms with Crippen molar-refractivity contribution in [2.45, 2.75) is 39.2 Å². The number of rotatable bonds is 8. The molecule has 0 aliphatic carbocycles. The van der Waals surface area contributed by atoms with E-state index in [1.54, 1.807) is 0 Å². The number of unbranched alkanes of at least 4 members (excludes halogenated alkanes) is 1. The summed E-state index contributed by atoms with van der Waals surface area (Å²) in [7, 11) is 2.10. The van der Waals surface area contributed by atoms with Gasteiger partial charge in [-0.1, -0.05) is 6.08 Å². The van der Waals surface area contributed by atoms with Crippen LogP contribution in [0.2, 0.25) is 0 Å². The summed E-state index contributed by atoms with van der Waals surface area (Å²) in [6, 6.07) is 0. The van der Waals surface area contributed by atoms with E-state index in [2.05, 4.69) is 49.5 Å². The number of nitrogens with zero attached hydrogens (tertiary/aromatic N) is 3. The Bertz CT molecular complexity index is 349. The van der Waals surface area contributed by atoms with E-state index in [0.29, 0.717) is 0 Å². The highest BCUT2D eigenvalue weighted by molar-refractivity contribution is 5.79. The van der Waals surface area contributed by atoms with Crippen LogP contribution in [0.4, 0.5) is 0 Å². The predicted molar refractivity (Wildman–Crippen MR) is 94.5 cm³/mol. The molecule has 0 radical (unpaired) electrons. The van der Waals surface area contributed by atoms with Gasteiger partial charge in [-0.3, -0.25) is 9.89 Å². The van der Waals surface area contributed by atoms with Crippen molar-refractivity contribution in [3.05, 3.63) is 12.7 Å². The fourth-order valence-electron chi connectivity index (χ4n) is 2.59. The van der Waals surface area contributed by atoms with Crippen molar-refractivity contribution in [3.8, 4) is 0 Å². The average molecular weight is 310 g/mol. The van der Waals surface area contributed by atoms with Crippen LogP contribution in [0.5, 0.6) is 0 Å². The molecule has 0 bridgehead atoms. The van der Waals surface area contributed by atoms with Crippen LogP contribution in [0.1, 0.15) is 33.6 Å². The maximum atomic E-state index is 5.45. The molecule has 128 valence electrons. The summed E-state index contributed by atoms with van der Waals surface area (Å²) in [5, 5.41) is 3.39. The second kappa shape index (κ2) is 9.85. The molecule has 1 fully saturated rings. The minimum atomic E-state index is 0.0619. The number of hydrogen-bond acceptors (Lipinski definition) is 3. The van der Waals surface area contributed by atoms with E-state index in [1.807, 2.05) is 6.08 Å². The Morgan fingerprint density at radius 1 is 1.41 bits per heavy atom. The van der Waals surface area contributed by atoms with Crippen LogP contribution in [0.15, 0.2) is 17.6 Å². The Kier molecular flexibility index (Phi) is 8.49. The Morgan fingerprint density at radius 2 is 2.09 bits per heavy atom. The second-order valence-electron chi connectivity index (χ2n) is 6.43. The van der Waals surface area contributed by atoms with Crippen molar-refractivity contribution in [1.82, 2.24) is 15.1 Å². The Hall–Kier alpha value is -1.07. The van der Waals surface area contributed by atoms with Gasteiger partial charge in [-0.15, -0.1) is 6.58 Å². The third-order valence-corrected chi connectivity index (χ3v) is 4.08. The molecule has 0 spiro atoms. The fraction of sp³-hybridized carbons (Fsp3) is 0.824. The fourth-order valence-corrected chi connectivity index (χ4v) is 2.59. The number of morpholine rings is 1. The van der Waals surface area contributed by atoms with Crippen LogP contribution in [0.25, 0.3) is 0 Å². The molecule has 1 aliphatic rings. The third-order valence-electron chi connectivity index (χ3n) is 4.08. The van der Waals surface area contributed by atoms with Crippen molar-refractivity contribution in [3.63, 3.8) is 0 Å². The molecular weight excluding hydrogens is 276 g/mol. The highest BCUT2D eigenvalue weighted by atomic mass is 16.5. The van der Waals surface area contributed by atoms with Gasteiger partial charge in [0.15, 0.2) is 5.96 Å². The zero-order chi connectivity index (χ0) is 16.4. The van der Waals surface area contributed by atoms with Gasteiger partial charge in [0.1, 0.15) is 0 Å². The van der Waals surface area contributed by atoms with Gasteiger partial charge in [0.25, 0.3) is 0 Å². The van der Waals surface area contributed by atoms with Crippen LogP contribution in [0.3, 0.4) is 0 Å². The summed E-state index contributed by atoms with van der Waals surface area (Å²) in [5.41, 5.74) is 0.0619. The zero-order valence-corrected chi connectivity index (χ0v) is 14.9. The van der Waals surface area contributed by atoms with Gasteiger partial charge >= 0.3 is 0 Å². The van der Waals surface area contributed by atoms with Gasteiger partial charge in [0.05, 0.1) is 19.8 Å². The Morgan fingerprint density at radius 3 is 2.68 bits per heavy atom. The summed E-state index contributed by atoms with van der Waals surface area (Å²) in [4.78, 5) is 9.55. The second-order valence-corrected chi connectivity index (χ2v) is 6.43. The van der Waals surface area contributed by atoms with Crippen LogP contribution in [0, 0.1) is 0 Å². The number of ether oxygens (including phenoxy) is 1. The van der Waals surface area contributed by atoms with Gasteiger partial charge in [-0.2, -0.15) is 0 Å². The highest BCUT2D eigenvalue weighted by Crippen LogP contribution is 2.16. The lowest BCUT2D eigenvalue weighted by molar-refractivity contribution is -0.00688. The van der Waals surface area contributed by atoms with Gasteiger partial charge in [0, 0.05) is 38.8 Å². The highest BCUT2D eigenvalue weighted by Gasteiger charge is 2.28. The van der Waals surface area contributed by atoms with Crippen LogP contribution >= 0.6 is 0 Å². The molecular formula is C17H34N4O. The van der Waals surface area contributed by atoms with E-state index in [1.165, 1.54) is 0 Å². The minimum absolute atomic E-state index is 0.0619. The van der Waals surface area contributed by atoms with E-state index < -0.39 is 0 Å². The van der Waals surface area contributed by atoms with E-state index in [9.17, 15) is 0 Å². The molecule has 0 aromatic heterocycles. The molecule has 0 amide bonds. The minimum Gasteiger partial charge on any atom is -0.379 e. The molecule has 0 unspecified atom stereocenters. The molecule has 1 aliphatic heterocycles. The molecule has 0 saturated carbocycles. The van der Waals surface area contributed by atoms with Crippen molar-refractivity contribution in [1.29, 1.82) is 0 Å². The first kappa shape index (κ1) is 19.0. The number of aliphatic imine (C=N–C) groups is 1. The van der Waals surface area contributed by atoms with Crippen LogP contribution < -0.4 is 5.32 Å². The molecule has 0 atom stereocenters. The van der Waals surface area contributed by atoms with Crippen molar-refractivity contribution >= 4 is 5.96 Å². The SMILES string of the molecule is C=CCCCN(C)C(=NCC(C)(C)N1CCOCC1)NCC. The number of guanidine groups is 1. The Balaban J connectivity index is 2.60. The molecule has 1 rings (SSSR count). The van der Waals surface area contributed by atoms with E-state index in [0.717, 1.165) is 64.7 Å². The topological polar surface area (TPSA) is 40.1 Å². The lowest BCUT2D eigenvalue weighted by atomic mass is 10.0. The molecule has 5 nitrogen and oxygen atoms in total. The van der Waals surface area contributed by atoms with Gasteiger partial charge in [0.2, 0.25) is 0 Å². The summed E-state index contributed by atoms with van der Waals surface area (Å²) in [5.74, 6) is 0.993. The van der Waals surface area contributed by atoms with Gasteiger partial charge < -0.3 is 15.0 Å². The van der Waals surface area contributed by atoms with Crippen LogP contribution in [-0.4, -0.2) is 74.3 Å². The van der Waals surface area contributed by atoms with Gasteiger partial charge in [-0.25, -0.2) is 0 Å². The largest absolute Gasteiger partial charge is 0.379 e. The monoisotopic (exact) mass is 310 g/mol. The zero-order valence-electron chi connectivity index (χ0n) is 14.9. The van der Waals surface area contributed by atoms with Crippen LogP contribution in [-0.2, 0) is 4.74 Å². The molecule has 0 aromatic carbocycles. The predicted octanol–water partition coefficient (Wildman–Crippen LogP) is 1.96. The normalized spacial score (nSPS) is 17.4. The maximum absolute atomic E-state index is 5.45. The average Bonchev–Trinajstić information content (AvgIpc) is 2.52. The number of hydrogen-bond donors (Lipinski definition) is 1. The third kappa shape index (κ3) is 6.36. The summed E-state index contributed by atoms with van der Waals surface area (Å²) in [6.07, 6.45) is 4.12. The maximum Gasteiger partial charge on any atom is 0.193 e. The standard InChI is InChI=1S/C17H34N4O/c1-6-8-9-10-20(5)16(18-7-2)19-15-17(3,4)21-11-13-22-14-12-21/h6H,1,7-15H2,2-5H3,(H,18,19). The Labute approximate surface area is 136 Å². The quantitative estimate of drug-likeness (QED) is 0.322. The first-order valence-corrected chi connectivity index (χ1v) is 8.44. The number of allylic oxidation sites excluding steroid dienone is 1.